The lowest BCUT2D eigenvalue weighted by molar-refractivity contribution is -0.138. The Morgan fingerprint density at radius 2 is 2.10 bits per heavy atom. The van der Waals surface area contributed by atoms with Gasteiger partial charge in [-0.25, -0.2) is 9.78 Å². The predicted molar refractivity (Wildman–Crippen MR) is 74.1 cm³/mol. The maximum absolute atomic E-state index is 12.1. The van der Waals surface area contributed by atoms with Crippen molar-refractivity contribution in [2.24, 2.45) is 0 Å². The summed E-state index contributed by atoms with van der Waals surface area (Å²) in [6, 6.07) is -0.541. The van der Waals surface area contributed by atoms with Gasteiger partial charge in [0, 0.05) is 18.9 Å². The van der Waals surface area contributed by atoms with Crippen molar-refractivity contribution in [2.45, 2.75) is 32.9 Å². The number of likely N-dealkylation sites (N-methyl/N-ethyl adjacent to an activating group) is 1. The van der Waals surface area contributed by atoms with Gasteiger partial charge in [0.2, 0.25) is 5.91 Å². The number of hydrogen-bond donors (Lipinski definition) is 2. The third kappa shape index (κ3) is 3.04. The van der Waals surface area contributed by atoms with Crippen molar-refractivity contribution in [3.63, 3.8) is 0 Å². The lowest BCUT2D eigenvalue weighted by Gasteiger charge is -2.20. The van der Waals surface area contributed by atoms with Crippen molar-refractivity contribution in [1.29, 1.82) is 0 Å². The Kier molecular flexibility index (Phi) is 3.71. The number of hydrogen-bond acceptors (Lipinski definition) is 4. The lowest BCUT2D eigenvalue weighted by atomic mass is 10.1. The van der Waals surface area contributed by atoms with Gasteiger partial charge in [0.15, 0.2) is 0 Å². The van der Waals surface area contributed by atoms with Gasteiger partial charge in [0.25, 0.3) is 5.91 Å². The zero-order chi connectivity index (χ0) is 15.8. The predicted octanol–water partition coefficient (Wildman–Crippen LogP) is 0.00692. The highest BCUT2D eigenvalue weighted by molar-refractivity contribution is 6.08. The number of imidazole rings is 1. The van der Waals surface area contributed by atoms with Crippen molar-refractivity contribution >= 4 is 17.8 Å². The van der Waals surface area contributed by atoms with Crippen LogP contribution in [0.3, 0.4) is 0 Å². The van der Waals surface area contributed by atoms with Crippen LogP contribution >= 0.6 is 0 Å². The summed E-state index contributed by atoms with van der Waals surface area (Å²) >= 11 is 0. The van der Waals surface area contributed by atoms with E-state index in [1.54, 1.807) is 27.1 Å². The molecule has 1 fully saturated rings. The maximum Gasteiger partial charge on any atom is 0.325 e. The van der Waals surface area contributed by atoms with Gasteiger partial charge >= 0.3 is 6.03 Å². The monoisotopic (exact) mass is 293 g/mol. The van der Waals surface area contributed by atoms with Crippen LogP contribution in [0, 0.1) is 6.92 Å². The van der Waals surface area contributed by atoms with Gasteiger partial charge in [-0.3, -0.25) is 14.5 Å². The molecule has 2 N–H and O–H groups in total. The molecule has 1 aliphatic rings. The minimum absolute atomic E-state index is 0.274. The van der Waals surface area contributed by atoms with Gasteiger partial charge in [-0.15, -0.1) is 0 Å². The molecule has 114 valence electrons. The van der Waals surface area contributed by atoms with E-state index in [1.807, 2.05) is 6.92 Å². The molecule has 1 aliphatic heterocycles. The number of aromatic amines is 1. The Bertz CT molecular complexity index is 592. The lowest BCUT2D eigenvalue weighted by Crippen LogP contribution is -2.43. The number of carbonyl (C=O) groups is 3. The van der Waals surface area contributed by atoms with E-state index in [1.165, 1.54) is 4.90 Å². The normalized spacial score (nSPS) is 17.0. The summed E-state index contributed by atoms with van der Waals surface area (Å²) in [7, 11) is 1.60. The number of nitrogens with one attached hydrogen (secondary N) is 2. The molecule has 4 amide bonds. The van der Waals surface area contributed by atoms with Crippen molar-refractivity contribution in [3.05, 3.63) is 17.7 Å². The van der Waals surface area contributed by atoms with Crippen molar-refractivity contribution in [2.75, 3.05) is 13.6 Å². The van der Waals surface area contributed by atoms with E-state index in [0.717, 1.165) is 10.6 Å². The Balaban J connectivity index is 1.98. The second-order valence-electron chi connectivity index (χ2n) is 5.71. The number of amides is 4. The number of aromatic nitrogens is 2. The summed E-state index contributed by atoms with van der Waals surface area (Å²) in [6.45, 7) is 5.09. The van der Waals surface area contributed by atoms with E-state index >= 15 is 0 Å². The SMILES string of the molecule is Cc1cnc(CN(C)C(=O)CN2C(=O)NC(C)(C)C2=O)[nH]1. The molecule has 0 unspecified atom stereocenters. The summed E-state index contributed by atoms with van der Waals surface area (Å²) in [5.74, 6) is -0.0748. The molecule has 8 nitrogen and oxygen atoms in total. The molecular weight excluding hydrogens is 274 g/mol. The fourth-order valence-corrected chi connectivity index (χ4v) is 2.08. The molecule has 0 saturated carbocycles. The van der Waals surface area contributed by atoms with Gasteiger partial charge in [-0.1, -0.05) is 0 Å². The summed E-state index contributed by atoms with van der Waals surface area (Å²) in [6.07, 6.45) is 1.67. The highest BCUT2D eigenvalue weighted by atomic mass is 16.2. The van der Waals surface area contributed by atoms with E-state index in [-0.39, 0.29) is 12.5 Å². The van der Waals surface area contributed by atoms with Crippen LogP contribution in [-0.4, -0.2) is 56.7 Å². The van der Waals surface area contributed by atoms with Gasteiger partial charge in [-0.2, -0.15) is 0 Å². The molecule has 2 rings (SSSR count). The van der Waals surface area contributed by atoms with Crippen LogP contribution in [-0.2, 0) is 16.1 Å². The van der Waals surface area contributed by atoms with Gasteiger partial charge < -0.3 is 15.2 Å². The number of nitrogens with zero attached hydrogens (tertiary/aromatic N) is 3. The van der Waals surface area contributed by atoms with Crippen LogP contribution in [0.15, 0.2) is 6.20 Å². The minimum Gasteiger partial charge on any atom is -0.345 e. The molecule has 1 aromatic heterocycles. The Morgan fingerprint density at radius 3 is 2.57 bits per heavy atom. The van der Waals surface area contributed by atoms with Gasteiger partial charge in [0.1, 0.15) is 17.9 Å². The third-order valence-corrected chi connectivity index (χ3v) is 3.31. The molecule has 0 bridgehead atoms. The smallest absolute Gasteiger partial charge is 0.325 e. The molecule has 0 radical (unpaired) electrons. The standard InChI is InChI=1S/C13H19N5O3/c1-8-5-14-9(15-8)6-17(4)10(19)7-18-11(20)13(2,3)16-12(18)21/h5H,6-7H2,1-4H3,(H,14,15)(H,16,21). The first-order valence-corrected chi connectivity index (χ1v) is 6.59. The zero-order valence-electron chi connectivity index (χ0n) is 12.6. The van der Waals surface area contributed by atoms with Crippen LogP contribution in [0.25, 0.3) is 0 Å². The fourth-order valence-electron chi connectivity index (χ4n) is 2.08. The molecule has 21 heavy (non-hydrogen) atoms. The minimum atomic E-state index is -0.964. The number of carbonyl (C=O) groups excluding carboxylic acids is 3. The molecule has 1 saturated heterocycles. The van der Waals surface area contributed by atoms with Gasteiger partial charge in [0.05, 0.1) is 6.54 Å². The summed E-state index contributed by atoms with van der Waals surface area (Å²) in [5, 5.41) is 2.54. The van der Waals surface area contributed by atoms with E-state index in [9.17, 15) is 14.4 Å². The summed E-state index contributed by atoms with van der Waals surface area (Å²) in [4.78, 5) is 45.4. The average Bonchev–Trinajstić information content (AvgIpc) is 2.86. The molecule has 8 heteroatoms. The number of rotatable bonds is 4. The van der Waals surface area contributed by atoms with E-state index in [4.69, 9.17) is 0 Å². The number of imide groups is 1. The molecule has 2 heterocycles. The number of urea groups is 1. The number of H-pyrrole nitrogens is 1. The van der Waals surface area contributed by atoms with Crippen LogP contribution < -0.4 is 5.32 Å². The molecular formula is C13H19N5O3. The molecule has 0 aliphatic carbocycles. The van der Waals surface area contributed by atoms with Crippen molar-refractivity contribution < 1.29 is 14.4 Å². The molecule has 0 spiro atoms. The second kappa shape index (κ2) is 5.19. The zero-order valence-corrected chi connectivity index (χ0v) is 12.6. The number of aryl methyl sites for hydroxylation is 1. The first kappa shape index (κ1) is 15.0. The van der Waals surface area contributed by atoms with E-state index in [2.05, 4.69) is 15.3 Å². The van der Waals surface area contributed by atoms with E-state index in [0.29, 0.717) is 12.4 Å². The maximum atomic E-state index is 12.1. The quantitative estimate of drug-likeness (QED) is 0.764. The van der Waals surface area contributed by atoms with E-state index < -0.39 is 17.5 Å². The summed E-state index contributed by atoms with van der Waals surface area (Å²) in [5.41, 5.74) is -0.0599. The van der Waals surface area contributed by atoms with Crippen molar-refractivity contribution in [1.82, 2.24) is 25.1 Å². The Labute approximate surface area is 122 Å². The molecule has 1 aromatic rings. The highest BCUT2D eigenvalue weighted by Crippen LogP contribution is 2.16. The van der Waals surface area contributed by atoms with Crippen LogP contribution in [0.5, 0.6) is 0 Å². The van der Waals surface area contributed by atoms with Crippen molar-refractivity contribution in [3.8, 4) is 0 Å². The Hall–Kier alpha value is -2.38. The Morgan fingerprint density at radius 1 is 1.43 bits per heavy atom. The second-order valence-corrected chi connectivity index (χ2v) is 5.71. The first-order valence-electron chi connectivity index (χ1n) is 6.59. The summed E-state index contributed by atoms with van der Waals surface area (Å²) < 4.78 is 0. The largest absolute Gasteiger partial charge is 0.345 e. The van der Waals surface area contributed by atoms with Crippen LogP contribution in [0.4, 0.5) is 4.79 Å². The van der Waals surface area contributed by atoms with Gasteiger partial charge in [-0.05, 0) is 20.8 Å². The van der Waals surface area contributed by atoms with Crippen LogP contribution in [0.2, 0.25) is 0 Å². The molecule has 0 aromatic carbocycles. The third-order valence-electron chi connectivity index (χ3n) is 3.31. The average molecular weight is 293 g/mol. The highest BCUT2D eigenvalue weighted by Gasteiger charge is 2.45. The van der Waals surface area contributed by atoms with Crippen LogP contribution in [0.1, 0.15) is 25.4 Å². The topological polar surface area (TPSA) is 98.4 Å². The fraction of sp³-hybridized carbons (Fsp3) is 0.538. The molecule has 0 atom stereocenters. The first-order chi connectivity index (χ1) is 9.70.